The summed E-state index contributed by atoms with van der Waals surface area (Å²) in [4.78, 5) is 21.2. The molecule has 1 amide bonds. The van der Waals surface area contributed by atoms with Crippen LogP contribution in [0.15, 0.2) is 53.2 Å². The number of benzene rings is 2. The summed E-state index contributed by atoms with van der Waals surface area (Å²) in [5.74, 6) is 0.487. The third-order valence-electron chi connectivity index (χ3n) is 4.04. The SMILES string of the molecule is Cc1nc2ccc(NC(=O)[C@@H](C)n3cnc4ccccc43)cc2o1. The first-order chi connectivity index (χ1) is 11.6. The molecule has 1 N–H and O–H groups in total. The molecule has 0 saturated heterocycles. The number of oxazole rings is 1. The molecule has 0 fully saturated rings. The van der Waals surface area contributed by atoms with Crippen LogP contribution in [0, 0.1) is 6.92 Å². The summed E-state index contributed by atoms with van der Waals surface area (Å²) in [5, 5.41) is 2.92. The maximum Gasteiger partial charge on any atom is 0.247 e. The number of hydrogen-bond donors (Lipinski definition) is 1. The number of carbonyl (C=O) groups excluding carboxylic acids is 1. The fourth-order valence-electron chi connectivity index (χ4n) is 2.78. The molecule has 0 saturated carbocycles. The van der Waals surface area contributed by atoms with Crippen LogP contribution in [0.25, 0.3) is 22.1 Å². The molecule has 6 heteroatoms. The Balaban J connectivity index is 1.60. The van der Waals surface area contributed by atoms with Crippen LogP contribution in [-0.2, 0) is 4.79 Å². The number of para-hydroxylation sites is 2. The first kappa shape index (κ1) is 14.4. The van der Waals surface area contributed by atoms with Gasteiger partial charge in [0.15, 0.2) is 11.5 Å². The van der Waals surface area contributed by atoms with Crippen molar-refractivity contribution >= 4 is 33.7 Å². The smallest absolute Gasteiger partial charge is 0.247 e. The molecular weight excluding hydrogens is 304 g/mol. The predicted molar refractivity (Wildman–Crippen MR) is 91.8 cm³/mol. The van der Waals surface area contributed by atoms with Crippen molar-refractivity contribution in [1.29, 1.82) is 0 Å². The minimum Gasteiger partial charge on any atom is -0.441 e. The second-order valence-corrected chi connectivity index (χ2v) is 5.72. The van der Waals surface area contributed by atoms with Crippen molar-refractivity contribution in [3.8, 4) is 0 Å². The molecule has 2 heterocycles. The van der Waals surface area contributed by atoms with Crippen molar-refractivity contribution in [2.24, 2.45) is 0 Å². The van der Waals surface area contributed by atoms with Crippen molar-refractivity contribution in [2.75, 3.05) is 5.32 Å². The van der Waals surface area contributed by atoms with E-state index in [9.17, 15) is 4.79 Å². The van der Waals surface area contributed by atoms with Crippen LogP contribution >= 0.6 is 0 Å². The number of amides is 1. The third-order valence-corrected chi connectivity index (χ3v) is 4.04. The van der Waals surface area contributed by atoms with E-state index in [-0.39, 0.29) is 11.9 Å². The van der Waals surface area contributed by atoms with E-state index in [4.69, 9.17) is 4.42 Å². The van der Waals surface area contributed by atoms with Crippen LogP contribution in [0.1, 0.15) is 18.9 Å². The normalized spacial score (nSPS) is 12.6. The minimum atomic E-state index is -0.385. The van der Waals surface area contributed by atoms with Crippen LogP contribution in [-0.4, -0.2) is 20.4 Å². The summed E-state index contributed by atoms with van der Waals surface area (Å²) in [6, 6.07) is 12.8. The molecule has 0 spiro atoms. The molecule has 2 aromatic carbocycles. The molecule has 0 radical (unpaired) electrons. The van der Waals surface area contributed by atoms with E-state index in [2.05, 4.69) is 15.3 Å². The number of nitrogens with one attached hydrogen (secondary N) is 1. The monoisotopic (exact) mass is 320 g/mol. The van der Waals surface area contributed by atoms with Crippen molar-refractivity contribution in [2.45, 2.75) is 19.9 Å². The van der Waals surface area contributed by atoms with E-state index < -0.39 is 0 Å². The zero-order valence-electron chi connectivity index (χ0n) is 13.4. The molecule has 2 aromatic heterocycles. The second-order valence-electron chi connectivity index (χ2n) is 5.72. The molecule has 0 aliphatic rings. The van der Waals surface area contributed by atoms with Crippen LogP contribution in [0.5, 0.6) is 0 Å². The van der Waals surface area contributed by atoms with E-state index in [1.54, 1.807) is 19.3 Å². The van der Waals surface area contributed by atoms with Gasteiger partial charge in [-0.1, -0.05) is 12.1 Å². The Kier molecular flexibility index (Phi) is 3.30. The highest BCUT2D eigenvalue weighted by molar-refractivity contribution is 5.96. The molecule has 24 heavy (non-hydrogen) atoms. The van der Waals surface area contributed by atoms with Crippen molar-refractivity contribution in [3.05, 3.63) is 54.7 Å². The molecule has 4 aromatic rings. The molecule has 0 aliphatic carbocycles. The van der Waals surface area contributed by atoms with Gasteiger partial charge in [-0.15, -0.1) is 0 Å². The fourth-order valence-corrected chi connectivity index (χ4v) is 2.78. The number of imidazole rings is 1. The lowest BCUT2D eigenvalue weighted by Gasteiger charge is -2.14. The van der Waals surface area contributed by atoms with Gasteiger partial charge in [0, 0.05) is 18.7 Å². The molecule has 0 bridgehead atoms. The number of aryl methyl sites for hydroxylation is 1. The highest BCUT2D eigenvalue weighted by Gasteiger charge is 2.17. The molecule has 0 aliphatic heterocycles. The summed E-state index contributed by atoms with van der Waals surface area (Å²) in [6.07, 6.45) is 1.69. The van der Waals surface area contributed by atoms with E-state index in [1.165, 1.54) is 0 Å². The van der Waals surface area contributed by atoms with Crippen LogP contribution < -0.4 is 5.32 Å². The molecule has 1 atom stereocenters. The van der Waals surface area contributed by atoms with Crippen LogP contribution in [0.2, 0.25) is 0 Å². The molecule has 0 unspecified atom stereocenters. The largest absolute Gasteiger partial charge is 0.441 e. The quantitative estimate of drug-likeness (QED) is 0.625. The maximum atomic E-state index is 12.6. The summed E-state index contributed by atoms with van der Waals surface area (Å²) in [6.45, 7) is 3.64. The predicted octanol–water partition coefficient (Wildman–Crippen LogP) is 3.69. The summed E-state index contributed by atoms with van der Waals surface area (Å²) in [7, 11) is 0. The highest BCUT2D eigenvalue weighted by atomic mass is 16.3. The Bertz CT molecular complexity index is 1050. The topological polar surface area (TPSA) is 73.0 Å². The van der Waals surface area contributed by atoms with Gasteiger partial charge in [0.05, 0.1) is 17.4 Å². The highest BCUT2D eigenvalue weighted by Crippen LogP contribution is 2.22. The zero-order chi connectivity index (χ0) is 16.7. The Labute approximate surface area is 138 Å². The maximum absolute atomic E-state index is 12.6. The lowest BCUT2D eigenvalue weighted by Crippen LogP contribution is -2.23. The van der Waals surface area contributed by atoms with Gasteiger partial charge in [0.25, 0.3) is 0 Å². The van der Waals surface area contributed by atoms with Gasteiger partial charge >= 0.3 is 0 Å². The number of hydrogen-bond acceptors (Lipinski definition) is 4. The Morgan fingerprint density at radius 2 is 2.04 bits per heavy atom. The Hall–Kier alpha value is -3.15. The van der Waals surface area contributed by atoms with E-state index in [0.717, 1.165) is 16.6 Å². The number of aromatic nitrogens is 3. The van der Waals surface area contributed by atoms with Gasteiger partial charge in [0.2, 0.25) is 5.91 Å². The summed E-state index contributed by atoms with van der Waals surface area (Å²) in [5.41, 5.74) is 3.92. The van der Waals surface area contributed by atoms with Gasteiger partial charge < -0.3 is 14.3 Å². The molecule has 6 nitrogen and oxygen atoms in total. The first-order valence-corrected chi connectivity index (χ1v) is 7.71. The number of nitrogens with zero attached hydrogens (tertiary/aromatic N) is 3. The number of rotatable bonds is 3. The average Bonchev–Trinajstić information content (AvgIpc) is 3.16. The number of carbonyl (C=O) groups is 1. The lowest BCUT2D eigenvalue weighted by molar-refractivity contribution is -0.118. The average molecular weight is 320 g/mol. The standard InChI is InChI=1S/C18H16N4O2/c1-11(22-10-19-14-5-3-4-6-16(14)22)18(23)21-13-7-8-15-17(9-13)24-12(2)20-15/h3-11H,1-2H3,(H,21,23)/t11-/m1/s1. The number of anilines is 1. The van der Waals surface area contributed by atoms with Gasteiger partial charge in [-0.3, -0.25) is 4.79 Å². The van der Waals surface area contributed by atoms with Gasteiger partial charge in [0.1, 0.15) is 11.6 Å². The molecule has 4 rings (SSSR count). The minimum absolute atomic E-state index is 0.117. The van der Waals surface area contributed by atoms with Crippen molar-refractivity contribution in [1.82, 2.24) is 14.5 Å². The van der Waals surface area contributed by atoms with E-state index >= 15 is 0 Å². The van der Waals surface area contributed by atoms with Gasteiger partial charge in [-0.25, -0.2) is 9.97 Å². The molecule has 120 valence electrons. The lowest BCUT2D eigenvalue weighted by atomic mass is 10.2. The molecular formula is C18H16N4O2. The third kappa shape index (κ3) is 2.42. The summed E-state index contributed by atoms with van der Waals surface area (Å²) < 4.78 is 7.37. The Morgan fingerprint density at radius 3 is 2.92 bits per heavy atom. The fraction of sp³-hybridized carbons (Fsp3) is 0.167. The second kappa shape index (κ2) is 5.49. The van der Waals surface area contributed by atoms with Crippen molar-refractivity contribution < 1.29 is 9.21 Å². The van der Waals surface area contributed by atoms with E-state index in [0.29, 0.717) is 17.2 Å². The van der Waals surface area contributed by atoms with Gasteiger partial charge in [-0.2, -0.15) is 0 Å². The van der Waals surface area contributed by atoms with Crippen LogP contribution in [0.3, 0.4) is 0 Å². The van der Waals surface area contributed by atoms with Gasteiger partial charge in [-0.05, 0) is 31.2 Å². The summed E-state index contributed by atoms with van der Waals surface area (Å²) >= 11 is 0. The van der Waals surface area contributed by atoms with E-state index in [1.807, 2.05) is 47.9 Å². The number of fused-ring (bicyclic) bond motifs is 2. The van der Waals surface area contributed by atoms with Crippen molar-refractivity contribution in [3.63, 3.8) is 0 Å². The Morgan fingerprint density at radius 1 is 1.21 bits per heavy atom. The zero-order valence-corrected chi connectivity index (χ0v) is 13.4. The first-order valence-electron chi connectivity index (χ1n) is 7.71. The van der Waals surface area contributed by atoms with Crippen LogP contribution in [0.4, 0.5) is 5.69 Å².